The summed E-state index contributed by atoms with van der Waals surface area (Å²) in [7, 11) is 1.73. The maximum atomic E-state index is 5.30. The van der Waals surface area contributed by atoms with Gasteiger partial charge < -0.3 is 10.1 Å². The molecule has 1 unspecified atom stereocenters. The van der Waals surface area contributed by atoms with Crippen molar-refractivity contribution in [1.29, 1.82) is 0 Å². The van der Waals surface area contributed by atoms with E-state index in [-0.39, 0.29) is 0 Å². The van der Waals surface area contributed by atoms with Crippen LogP contribution in [0.25, 0.3) is 0 Å². The third-order valence-electron chi connectivity index (χ3n) is 4.20. The van der Waals surface area contributed by atoms with E-state index in [1.165, 1.54) is 31.2 Å². The summed E-state index contributed by atoms with van der Waals surface area (Å²) in [6.45, 7) is 5.69. The molecule has 1 aliphatic rings. The third-order valence-corrected chi connectivity index (χ3v) is 4.20. The molecule has 1 aromatic carbocycles. The fourth-order valence-corrected chi connectivity index (χ4v) is 2.69. The minimum absolute atomic E-state index is 0.488. The van der Waals surface area contributed by atoms with Gasteiger partial charge in [-0.1, -0.05) is 19.1 Å². The van der Waals surface area contributed by atoms with Crippen LogP contribution in [0.1, 0.15) is 38.7 Å². The first-order chi connectivity index (χ1) is 8.70. The monoisotopic (exact) mass is 247 g/mol. The highest BCUT2D eigenvalue weighted by Crippen LogP contribution is 2.51. The first-order valence-corrected chi connectivity index (χ1v) is 7.06. The lowest BCUT2D eigenvalue weighted by molar-refractivity contribution is 0.349. The predicted molar refractivity (Wildman–Crippen MR) is 76.1 cm³/mol. The van der Waals surface area contributed by atoms with Gasteiger partial charge in [-0.15, -0.1) is 0 Å². The molecule has 0 bridgehead atoms. The van der Waals surface area contributed by atoms with Gasteiger partial charge in [0.1, 0.15) is 5.75 Å². The molecule has 1 N–H and O–H groups in total. The summed E-state index contributed by atoms with van der Waals surface area (Å²) < 4.78 is 5.30. The van der Waals surface area contributed by atoms with Crippen molar-refractivity contribution in [3.8, 4) is 5.75 Å². The molecule has 1 atom stereocenters. The van der Waals surface area contributed by atoms with E-state index in [4.69, 9.17) is 4.74 Å². The van der Waals surface area contributed by atoms with Crippen LogP contribution in [-0.2, 0) is 6.42 Å². The van der Waals surface area contributed by atoms with E-state index in [1.807, 2.05) is 6.07 Å². The normalized spacial score (nSPS) is 18.4. The summed E-state index contributed by atoms with van der Waals surface area (Å²) in [5.41, 5.74) is 1.89. The van der Waals surface area contributed by atoms with Crippen molar-refractivity contribution in [3.05, 3.63) is 29.8 Å². The average molecular weight is 247 g/mol. The van der Waals surface area contributed by atoms with Crippen LogP contribution in [0.4, 0.5) is 0 Å². The average Bonchev–Trinajstić information content (AvgIpc) is 3.17. The Labute approximate surface area is 111 Å². The molecule has 1 aliphatic carbocycles. The number of methoxy groups -OCH3 is 1. The maximum absolute atomic E-state index is 5.30. The Morgan fingerprint density at radius 2 is 2.17 bits per heavy atom. The molecule has 2 rings (SSSR count). The topological polar surface area (TPSA) is 21.3 Å². The fraction of sp³-hybridized carbons (Fsp3) is 0.625. The minimum Gasteiger partial charge on any atom is -0.497 e. The van der Waals surface area contributed by atoms with Gasteiger partial charge in [-0.3, -0.25) is 0 Å². The highest BCUT2D eigenvalue weighted by Gasteiger charge is 2.46. The Morgan fingerprint density at radius 3 is 2.78 bits per heavy atom. The van der Waals surface area contributed by atoms with Crippen molar-refractivity contribution in [2.24, 2.45) is 5.41 Å². The molecule has 0 spiro atoms. The summed E-state index contributed by atoms with van der Waals surface area (Å²) >= 11 is 0. The third kappa shape index (κ3) is 3.05. The van der Waals surface area contributed by atoms with Gasteiger partial charge in [-0.05, 0) is 62.3 Å². The molecule has 1 saturated carbocycles. The molecule has 0 aliphatic heterocycles. The van der Waals surface area contributed by atoms with Gasteiger partial charge in [0.25, 0.3) is 0 Å². The number of nitrogens with one attached hydrogen (secondary N) is 1. The zero-order valence-corrected chi connectivity index (χ0v) is 11.8. The largest absolute Gasteiger partial charge is 0.497 e. The van der Waals surface area contributed by atoms with Crippen molar-refractivity contribution in [2.45, 2.75) is 45.6 Å². The second-order valence-corrected chi connectivity index (χ2v) is 5.57. The van der Waals surface area contributed by atoms with Crippen LogP contribution in [0.2, 0.25) is 0 Å². The van der Waals surface area contributed by atoms with Crippen LogP contribution in [-0.4, -0.2) is 19.7 Å². The Kier molecular flexibility index (Phi) is 4.28. The first kappa shape index (κ1) is 13.4. The molecule has 2 heteroatoms. The van der Waals surface area contributed by atoms with Crippen LogP contribution >= 0.6 is 0 Å². The Morgan fingerprint density at radius 1 is 1.39 bits per heavy atom. The van der Waals surface area contributed by atoms with Crippen LogP contribution < -0.4 is 10.1 Å². The van der Waals surface area contributed by atoms with E-state index < -0.39 is 0 Å². The van der Waals surface area contributed by atoms with E-state index in [9.17, 15) is 0 Å². The summed E-state index contributed by atoms with van der Waals surface area (Å²) in [6, 6.07) is 9.11. The number of rotatable bonds is 7. The van der Waals surface area contributed by atoms with E-state index in [2.05, 4.69) is 37.4 Å². The molecule has 0 amide bonds. The Hall–Kier alpha value is -1.02. The molecular weight excluding hydrogens is 222 g/mol. The summed E-state index contributed by atoms with van der Waals surface area (Å²) in [4.78, 5) is 0. The molecule has 100 valence electrons. The molecule has 0 aromatic heterocycles. The summed E-state index contributed by atoms with van der Waals surface area (Å²) in [5, 5.41) is 3.65. The SMILES string of the molecule is CCCNC(C)C1(Cc2cccc(OC)c2)CC1. The lowest BCUT2D eigenvalue weighted by Gasteiger charge is -2.25. The van der Waals surface area contributed by atoms with E-state index in [0.717, 1.165) is 12.3 Å². The molecule has 1 aromatic rings. The second-order valence-electron chi connectivity index (χ2n) is 5.57. The fourth-order valence-electron chi connectivity index (χ4n) is 2.69. The smallest absolute Gasteiger partial charge is 0.119 e. The quantitative estimate of drug-likeness (QED) is 0.797. The van der Waals surface area contributed by atoms with Crippen molar-refractivity contribution in [3.63, 3.8) is 0 Å². The second kappa shape index (κ2) is 5.75. The van der Waals surface area contributed by atoms with Crippen molar-refractivity contribution in [2.75, 3.05) is 13.7 Å². The standard InChI is InChI=1S/C16H25NO/c1-4-10-17-13(2)16(8-9-16)12-14-6-5-7-15(11-14)18-3/h5-7,11,13,17H,4,8-10,12H2,1-3H3. The Bertz CT molecular complexity index is 384. The lowest BCUT2D eigenvalue weighted by Crippen LogP contribution is -2.36. The van der Waals surface area contributed by atoms with E-state index in [1.54, 1.807) is 7.11 Å². The maximum Gasteiger partial charge on any atom is 0.119 e. The molecular formula is C16H25NO. The molecule has 0 radical (unpaired) electrons. The molecule has 18 heavy (non-hydrogen) atoms. The van der Waals surface area contributed by atoms with Crippen LogP contribution in [0.5, 0.6) is 5.75 Å². The lowest BCUT2D eigenvalue weighted by atomic mass is 9.89. The molecule has 1 fully saturated rings. The van der Waals surface area contributed by atoms with Gasteiger partial charge in [0.05, 0.1) is 7.11 Å². The summed E-state index contributed by atoms with van der Waals surface area (Å²) in [5.74, 6) is 0.970. The highest BCUT2D eigenvalue weighted by atomic mass is 16.5. The first-order valence-electron chi connectivity index (χ1n) is 7.06. The van der Waals surface area contributed by atoms with Crippen molar-refractivity contribution >= 4 is 0 Å². The number of benzene rings is 1. The van der Waals surface area contributed by atoms with Gasteiger partial charge in [-0.2, -0.15) is 0 Å². The van der Waals surface area contributed by atoms with Gasteiger partial charge in [0.2, 0.25) is 0 Å². The van der Waals surface area contributed by atoms with Crippen molar-refractivity contribution in [1.82, 2.24) is 5.32 Å². The van der Waals surface area contributed by atoms with Crippen LogP contribution in [0.3, 0.4) is 0 Å². The zero-order valence-electron chi connectivity index (χ0n) is 11.8. The van der Waals surface area contributed by atoms with Gasteiger partial charge in [-0.25, -0.2) is 0 Å². The minimum atomic E-state index is 0.488. The molecule has 2 nitrogen and oxygen atoms in total. The van der Waals surface area contributed by atoms with E-state index >= 15 is 0 Å². The van der Waals surface area contributed by atoms with Crippen LogP contribution in [0.15, 0.2) is 24.3 Å². The molecule has 0 saturated heterocycles. The van der Waals surface area contributed by atoms with E-state index in [0.29, 0.717) is 11.5 Å². The van der Waals surface area contributed by atoms with Gasteiger partial charge in [0, 0.05) is 6.04 Å². The predicted octanol–water partition coefficient (Wildman–Crippen LogP) is 3.41. The van der Waals surface area contributed by atoms with Gasteiger partial charge >= 0.3 is 0 Å². The van der Waals surface area contributed by atoms with Gasteiger partial charge in [0.15, 0.2) is 0 Å². The number of hydrogen-bond donors (Lipinski definition) is 1. The number of hydrogen-bond acceptors (Lipinski definition) is 2. The molecule has 0 heterocycles. The number of ether oxygens (including phenoxy) is 1. The zero-order chi connectivity index (χ0) is 13.0. The van der Waals surface area contributed by atoms with Crippen LogP contribution in [0, 0.1) is 5.41 Å². The Balaban J connectivity index is 1.99. The highest BCUT2D eigenvalue weighted by molar-refractivity contribution is 5.30. The summed E-state index contributed by atoms with van der Waals surface area (Å²) in [6.07, 6.45) is 5.08. The van der Waals surface area contributed by atoms with Crippen molar-refractivity contribution < 1.29 is 4.74 Å².